The van der Waals surface area contributed by atoms with Crippen LogP contribution in [0.4, 0.5) is 0 Å². The predicted octanol–water partition coefficient (Wildman–Crippen LogP) is 18.9. The van der Waals surface area contributed by atoms with Gasteiger partial charge < -0.3 is 38.3 Å². The molecule has 0 aromatic heterocycles. The summed E-state index contributed by atoms with van der Waals surface area (Å²) >= 11 is 0. The minimum absolute atomic E-state index is 0.0448. The minimum Gasteiger partial charge on any atom is -0.466 e. The summed E-state index contributed by atoms with van der Waals surface area (Å²) in [6.45, 7) is 28.1. The number of carbonyl (C=O) groups excluding carboxylic acids is 7. The van der Waals surface area contributed by atoms with Crippen molar-refractivity contribution >= 4 is 41.8 Å². The lowest BCUT2D eigenvalue weighted by Gasteiger charge is -2.59. The summed E-state index contributed by atoms with van der Waals surface area (Å²) in [5, 5.41) is 10.6. The second kappa shape index (κ2) is 49.9. The predicted molar refractivity (Wildman–Crippen MR) is 368 cm³/mol. The van der Waals surface area contributed by atoms with Crippen LogP contribution in [0.25, 0.3) is 0 Å². The normalized spacial score (nSPS) is 19.8. The van der Waals surface area contributed by atoms with Crippen molar-refractivity contribution in [3.63, 3.8) is 0 Å². The minimum atomic E-state index is -2.26. The van der Waals surface area contributed by atoms with Crippen molar-refractivity contribution in [2.45, 2.75) is 346 Å². The summed E-state index contributed by atoms with van der Waals surface area (Å²) in [4.78, 5) is 86.6. The van der Waals surface area contributed by atoms with E-state index < -0.39 is 47.2 Å². The monoisotopic (exact) mass is 1300 g/mol. The van der Waals surface area contributed by atoms with Gasteiger partial charge in [-0.05, 0) is 115 Å². The molecule has 1 aromatic carbocycles. The number of aryl methyl sites for hydroxylation is 3. The number of esters is 7. The highest BCUT2D eigenvalue weighted by Crippen LogP contribution is 2.74. The van der Waals surface area contributed by atoms with Crippen LogP contribution in [-0.2, 0) is 66.7 Å². The molecule has 92 heavy (non-hydrogen) atoms. The highest BCUT2D eigenvalue weighted by atomic mass is 16.6. The van der Waals surface area contributed by atoms with Crippen LogP contribution < -0.4 is 0 Å². The van der Waals surface area contributed by atoms with Crippen LogP contribution in [0.1, 0.15) is 336 Å². The summed E-state index contributed by atoms with van der Waals surface area (Å²) in [7, 11) is 0. The van der Waals surface area contributed by atoms with Gasteiger partial charge in [0.2, 0.25) is 0 Å². The standard InChI is InChI=1S/C26H50O4.C24H40O4.C18H32O7.C9H12/c1-3-5-7-9-15-19-23-29-25(27)21-17-13-11-12-14-18-22-26(28)30-24-20-16-10-8-6-4-2;1-5-9-13-21(7-3)17-27-19(25)23(21)15-11-12-16-24(23)20(26)28-18-22(24,8-4)14-10-6-2;1-4-7-10-23-15(19)13-18(22,17(21)25-12-9-6-3)14-16(20)24-11-8-5-2;1-7-4-5-8(2)9(3)6-7/h3-24H2,1-2H3;5-18H2,1-4H3;22H,4-14H2,1-3H3;4-6H,1-3H3. The van der Waals surface area contributed by atoms with Gasteiger partial charge in [0.1, 0.15) is 0 Å². The third-order valence-electron chi connectivity index (χ3n) is 19.6. The lowest BCUT2D eigenvalue weighted by molar-refractivity contribution is -0.190. The summed E-state index contributed by atoms with van der Waals surface area (Å²) in [5.41, 5.74) is -0.0551. The van der Waals surface area contributed by atoms with Crippen molar-refractivity contribution in [3.05, 3.63) is 34.9 Å². The van der Waals surface area contributed by atoms with E-state index in [0.717, 1.165) is 148 Å². The molecule has 1 saturated carbocycles. The number of ether oxygens (including phenoxy) is 7. The molecule has 15 heteroatoms. The molecule has 1 aliphatic carbocycles. The lowest BCUT2D eigenvalue weighted by Crippen LogP contribution is -2.64. The number of hydrogen-bond acceptors (Lipinski definition) is 15. The maximum absolute atomic E-state index is 13.6. The Morgan fingerprint density at radius 2 is 0.761 bits per heavy atom. The van der Waals surface area contributed by atoms with Gasteiger partial charge in [-0.1, -0.05) is 234 Å². The van der Waals surface area contributed by atoms with E-state index in [2.05, 4.69) is 80.5 Å². The zero-order valence-electron chi connectivity index (χ0n) is 60.6. The van der Waals surface area contributed by atoms with Crippen LogP contribution in [-0.4, -0.2) is 98.7 Å². The van der Waals surface area contributed by atoms with Gasteiger partial charge in [0.05, 0.1) is 69.9 Å². The first kappa shape index (κ1) is 85.5. The SMILES string of the molecule is CCCCC1(CC)COC(=O)C12CCCCC21C(=O)OCC1(CC)CCCC.CCCCCCCCOC(=O)CCCCCCCCC(=O)OCCCCCCCC.CCCCOC(=O)CC(O)(CC(=O)OCCCC)C(=O)OCCCC.Cc1ccc(C)c(C)c1. The molecular weight excluding hydrogens is 1160 g/mol. The number of rotatable bonds is 45. The van der Waals surface area contributed by atoms with Crippen molar-refractivity contribution in [2.24, 2.45) is 21.7 Å². The van der Waals surface area contributed by atoms with Crippen LogP contribution in [0.5, 0.6) is 0 Å². The molecule has 0 bridgehead atoms. The van der Waals surface area contributed by atoms with Crippen molar-refractivity contribution in [1.29, 1.82) is 0 Å². The third kappa shape index (κ3) is 29.2. The van der Waals surface area contributed by atoms with Gasteiger partial charge in [-0.2, -0.15) is 0 Å². The molecule has 3 aliphatic rings. The highest BCUT2D eigenvalue weighted by molar-refractivity contribution is 5.93. The van der Waals surface area contributed by atoms with E-state index in [1.165, 1.54) is 80.9 Å². The molecule has 3 fully saturated rings. The van der Waals surface area contributed by atoms with E-state index in [0.29, 0.717) is 58.5 Å². The van der Waals surface area contributed by atoms with Gasteiger partial charge in [-0.25, -0.2) is 4.79 Å². The first-order valence-electron chi connectivity index (χ1n) is 37.2. The van der Waals surface area contributed by atoms with Crippen LogP contribution in [0.2, 0.25) is 0 Å². The van der Waals surface area contributed by atoms with Crippen molar-refractivity contribution in [1.82, 2.24) is 0 Å². The van der Waals surface area contributed by atoms with E-state index in [1.807, 2.05) is 20.8 Å². The zero-order chi connectivity index (χ0) is 68.6. The average Bonchev–Trinajstić information content (AvgIpc) is 1.44. The van der Waals surface area contributed by atoms with Gasteiger partial charge in [-0.3, -0.25) is 28.8 Å². The third-order valence-corrected chi connectivity index (χ3v) is 19.6. The Balaban J connectivity index is 0.000000645. The van der Waals surface area contributed by atoms with E-state index in [9.17, 15) is 38.7 Å². The maximum Gasteiger partial charge on any atom is 0.339 e. The van der Waals surface area contributed by atoms with E-state index >= 15 is 0 Å². The maximum atomic E-state index is 13.6. The molecule has 2 saturated heterocycles. The van der Waals surface area contributed by atoms with Crippen LogP contribution >= 0.6 is 0 Å². The second-order valence-corrected chi connectivity index (χ2v) is 26.9. The highest BCUT2D eigenvalue weighted by Gasteiger charge is 2.80. The van der Waals surface area contributed by atoms with Crippen molar-refractivity contribution in [2.75, 3.05) is 46.2 Å². The van der Waals surface area contributed by atoms with E-state index in [-0.39, 0.29) is 54.5 Å². The average molecular weight is 1300 g/mol. The van der Waals surface area contributed by atoms with Crippen LogP contribution in [0, 0.1) is 42.4 Å². The molecule has 532 valence electrons. The number of benzene rings is 1. The van der Waals surface area contributed by atoms with Crippen LogP contribution in [0.3, 0.4) is 0 Å². The van der Waals surface area contributed by atoms with Gasteiger partial charge in [-0.15, -0.1) is 0 Å². The summed E-state index contributed by atoms with van der Waals surface area (Å²) in [6, 6.07) is 6.50. The van der Waals surface area contributed by atoms with Crippen LogP contribution in [0.15, 0.2) is 18.2 Å². The van der Waals surface area contributed by atoms with Crippen molar-refractivity contribution in [3.8, 4) is 0 Å². The molecule has 1 aromatic rings. The van der Waals surface area contributed by atoms with E-state index in [1.54, 1.807) is 0 Å². The second-order valence-electron chi connectivity index (χ2n) is 26.9. The first-order chi connectivity index (χ1) is 44.2. The topological polar surface area (TPSA) is 204 Å². The quantitative estimate of drug-likeness (QED) is 0.0366. The Bertz CT molecular complexity index is 2080. The molecule has 4 unspecified atom stereocenters. The zero-order valence-corrected chi connectivity index (χ0v) is 60.6. The number of fused-ring (bicyclic) bond motifs is 1. The fourth-order valence-electron chi connectivity index (χ4n) is 13.6. The molecule has 4 rings (SSSR count). The first-order valence-corrected chi connectivity index (χ1v) is 37.2. The molecule has 4 atom stereocenters. The molecule has 1 N–H and O–H groups in total. The Morgan fingerprint density at radius 1 is 0.424 bits per heavy atom. The molecule has 0 radical (unpaired) electrons. The number of hydrogen-bond donors (Lipinski definition) is 1. The number of carbonyl (C=O) groups is 7. The molecule has 2 spiro atoms. The van der Waals surface area contributed by atoms with Gasteiger partial charge >= 0.3 is 41.8 Å². The lowest BCUT2D eigenvalue weighted by atomic mass is 9.38. The number of cyclic esters (lactones) is 2. The molecular formula is C77H134O15. The van der Waals surface area contributed by atoms with Gasteiger partial charge in [0.15, 0.2) is 5.60 Å². The molecule has 2 heterocycles. The Kier molecular flexibility index (Phi) is 46.4. The molecule has 2 aliphatic heterocycles. The fourth-order valence-corrected chi connectivity index (χ4v) is 13.6. The smallest absolute Gasteiger partial charge is 0.339 e. The summed E-state index contributed by atoms with van der Waals surface area (Å²) in [6.07, 6.45) is 36.7. The number of unbranched alkanes of at least 4 members (excludes halogenated alkanes) is 20. The molecule has 15 nitrogen and oxygen atoms in total. The largest absolute Gasteiger partial charge is 0.466 e. The van der Waals surface area contributed by atoms with Gasteiger partial charge in [0.25, 0.3) is 0 Å². The Hall–Kier alpha value is -4.53. The van der Waals surface area contributed by atoms with Crippen molar-refractivity contribution < 1.29 is 71.8 Å². The fraction of sp³-hybridized carbons (Fsp3) is 0.831. The summed E-state index contributed by atoms with van der Waals surface area (Å²) < 4.78 is 37.3. The summed E-state index contributed by atoms with van der Waals surface area (Å²) in [5.74, 6) is -2.78. The number of aliphatic hydroxyl groups is 1. The molecule has 0 amide bonds. The Labute approximate surface area is 559 Å². The van der Waals surface area contributed by atoms with Gasteiger partial charge in [0, 0.05) is 23.7 Å². The van der Waals surface area contributed by atoms with E-state index in [4.69, 9.17) is 33.2 Å². The Morgan fingerprint density at radius 3 is 1.12 bits per heavy atom.